The summed E-state index contributed by atoms with van der Waals surface area (Å²) in [5, 5.41) is 10.4. The number of carbonyl (C=O) groups is 3. The molecule has 2 heterocycles. The Morgan fingerprint density at radius 2 is 1.86 bits per heavy atom. The molecule has 1 fully saturated rings. The number of rotatable bonds is 10. The Bertz CT molecular complexity index is 1160. The Morgan fingerprint density at radius 3 is 2.54 bits per heavy atom. The molecule has 1 saturated carbocycles. The van der Waals surface area contributed by atoms with Gasteiger partial charge in [-0.25, -0.2) is 0 Å². The first-order valence-electron chi connectivity index (χ1n) is 13.0. The van der Waals surface area contributed by atoms with Gasteiger partial charge in [0, 0.05) is 25.2 Å². The molecule has 200 valence electrons. The maximum absolute atomic E-state index is 13.6. The first-order valence-corrected chi connectivity index (χ1v) is 13.0. The second kappa shape index (κ2) is 11.2. The molecule has 1 aromatic carbocycles. The number of hydrogen-bond acceptors (Lipinski definition) is 6. The number of nitrogens with zero attached hydrogens (tertiary/aromatic N) is 3. The molecule has 0 bridgehead atoms. The van der Waals surface area contributed by atoms with Crippen LogP contribution in [-0.2, 0) is 17.9 Å². The van der Waals surface area contributed by atoms with Gasteiger partial charge in [0.2, 0.25) is 5.91 Å². The molecule has 4 rings (SSSR count). The van der Waals surface area contributed by atoms with E-state index in [0.717, 1.165) is 44.1 Å². The van der Waals surface area contributed by atoms with Gasteiger partial charge in [-0.3, -0.25) is 19.1 Å². The lowest BCUT2D eigenvalue weighted by atomic mass is 9.94. The van der Waals surface area contributed by atoms with Crippen LogP contribution in [0, 0.1) is 0 Å². The summed E-state index contributed by atoms with van der Waals surface area (Å²) in [4.78, 5) is 41.6. The molecular weight excluding hydrogens is 474 g/mol. The third-order valence-corrected chi connectivity index (χ3v) is 7.35. The fourth-order valence-corrected chi connectivity index (χ4v) is 5.09. The number of amides is 3. The van der Waals surface area contributed by atoms with Gasteiger partial charge in [0.1, 0.15) is 11.2 Å². The Morgan fingerprint density at radius 1 is 1.14 bits per heavy atom. The van der Waals surface area contributed by atoms with Crippen molar-refractivity contribution in [3.63, 3.8) is 0 Å². The minimum atomic E-state index is -1.08. The van der Waals surface area contributed by atoms with Gasteiger partial charge in [-0.2, -0.15) is 5.10 Å². The van der Waals surface area contributed by atoms with Gasteiger partial charge in [0.05, 0.1) is 20.8 Å². The first kappa shape index (κ1) is 26.5. The Balaban J connectivity index is 1.52. The molecule has 10 nitrogen and oxygen atoms in total. The standard InChI is InChI=1S/C27H37N5O5/c1-5-6-13-31-25(34)21-15-20(24(33)28-16-18-11-12-22(36-3)23(14-18)37-4)30-32(21)17-27(31,2)26(35)29-19-9-7-8-10-19/h11-12,14-15,19H,5-10,13,16-17H2,1-4H3,(H,28,33)(H,29,35)/t27-/m1/s1. The predicted octanol–water partition coefficient (Wildman–Crippen LogP) is 2.90. The lowest BCUT2D eigenvalue weighted by Gasteiger charge is -2.43. The molecule has 2 N–H and O–H groups in total. The molecule has 1 aliphatic carbocycles. The van der Waals surface area contributed by atoms with Crippen molar-refractivity contribution in [2.24, 2.45) is 0 Å². The van der Waals surface area contributed by atoms with E-state index < -0.39 is 11.4 Å². The molecule has 2 aliphatic rings. The number of benzene rings is 1. The van der Waals surface area contributed by atoms with Crippen molar-refractivity contribution >= 4 is 17.7 Å². The Hall–Kier alpha value is -3.56. The molecule has 2 aromatic rings. The number of hydrogen-bond donors (Lipinski definition) is 2. The van der Waals surface area contributed by atoms with E-state index in [9.17, 15) is 14.4 Å². The number of nitrogens with one attached hydrogen (secondary N) is 2. The van der Waals surface area contributed by atoms with Crippen molar-refractivity contribution in [3.05, 3.63) is 41.2 Å². The van der Waals surface area contributed by atoms with Crippen LogP contribution in [0.1, 0.15) is 78.9 Å². The monoisotopic (exact) mass is 511 g/mol. The average molecular weight is 512 g/mol. The number of carbonyl (C=O) groups excluding carboxylic acids is 3. The zero-order valence-corrected chi connectivity index (χ0v) is 22.1. The van der Waals surface area contributed by atoms with E-state index >= 15 is 0 Å². The second-order valence-electron chi connectivity index (χ2n) is 9.98. The van der Waals surface area contributed by atoms with Crippen LogP contribution in [0.15, 0.2) is 24.3 Å². The van der Waals surface area contributed by atoms with Crippen molar-refractivity contribution in [1.82, 2.24) is 25.3 Å². The van der Waals surface area contributed by atoms with Crippen LogP contribution in [0.25, 0.3) is 0 Å². The summed E-state index contributed by atoms with van der Waals surface area (Å²) in [7, 11) is 3.12. The first-order chi connectivity index (χ1) is 17.8. The molecule has 0 radical (unpaired) electrons. The fraction of sp³-hybridized carbons (Fsp3) is 0.556. The zero-order chi connectivity index (χ0) is 26.6. The third kappa shape index (κ3) is 5.42. The van der Waals surface area contributed by atoms with Gasteiger partial charge in [-0.15, -0.1) is 0 Å². The molecule has 0 unspecified atom stereocenters. The van der Waals surface area contributed by atoms with Gasteiger partial charge in [-0.1, -0.05) is 32.3 Å². The number of fused-ring (bicyclic) bond motifs is 1. The second-order valence-corrected chi connectivity index (χ2v) is 9.98. The quantitative estimate of drug-likeness (QED) is 0.507. The lowest BCUT2D eigenvalue weighted by molar-refractivity contribution is -0.133. The van der Waals surface area contributed by atoms with Crippen molar-refractivity contribution < 1.29 is 23.9 Å². The minimum Gasteiger partial charge on any atom is -0.493 e. The summed E-state index contributed by atoms with van der Waals surface area (Å²) in [5.74, 6) is 0.325. The summed E-state index contributed by atoms with van der Waals surface area (Å²) in [5.41, 5.74) is 0.201. The molecule has 0 saturated heterocycles. The molecule has 1 aromatic heterocycles. The van der Waals surface area contributed by atoms with Crippen molar-refractivity contribution in [3.8, 4) is 11.5 Å². The zero-order valence-electron chi connectivity index (χ0n) is 22.1. The van der Waals surface area contributed by atoms with E-state index in [0.29, 0.717) is 23.7 Å². The molecule has 0 spiro atoms. The third-order valence-electron chi connectivity index (χ3n) is 7.35. The summed E-state index contributed by atoms with van der Waals surface area (Å²) in [6.07, 6.45) is 5.80. The van der Waals surface area contributed by atoms with Crippen LogP contribution in [-0.4, -0.2) is 64.7 Å². The maximum atomic E-state index is 13.6. The molecule has 1 atom stereocenters. The number of methoxy groups -OCH3 is 2. The van der Waals surface area contributed by atoms with E-state index in [4.69, 9.17) is 9.47 Å². The smallest absolute Gasteiger partial charge is 0.273 e. The minimum absolute atomic E-state index is 0.139. The van der Waals surface area contributed by atoms with E-state index in [1.807, 2.05) is 6.07 Å². The highest BCUT2D eigenvalue weighted by Gasteiger charge is 2.48. The number of unbranched alkanes of at least 4 members (excludes halogenated alkanes) is 1. The normalized spacial score (nSPS) is 19.5. The fourth-order valence-electron chi connectivity index (χ4n) is 5.09. The van der Waals surface area contributed by atoms with Crippen molar-refractivity contribution in [2.45, 2.75) is 77.0 Å². The molecular formula is C27H37N5O5. The predicted molar refractivity (Wildman–Crippen MR) is 138 cm³/mol. The van der Waals surface area contributed by atoms with Crippen molar-refractivity contribution in [1.29, 1.82) is 0 Å². The topological polar surface area (TPSA) is 115 Å². The van der Waals surface area contributed by atoms with Crippen LogP contribution in [0.4, 0.5) is 0 Å². The molecule has 37 heavy (non-hydrogen) atoms. The van der Waals surface area contributed by atoms with Crippen LogP contribution in [0.5, 0.6) is 11.5 Å². The van der Waals surface area contributed by atoms with Crippen LogP contribution in [0.2, 0.25) is 0 Å². The highest BCUT2D eigenvalue weighted by Crippen LogP contribution is 2.30. The van der Waals surface area contributed by atoms with Crippen molar-refractivity contribution in [2.75, 3.05) is 20.8 Å². The summed E-state index contributed by atoms with van der Waals surface area (Å²) >= 11 is 0. The van der Waals surface area contributed by atoms with Gasteiger partial charge in [0.15, 0.2) is 17.2 Å². The van der Waals surface area contributed by atoms with Gasteiger partial charge >= 0.3 is 0 Å². The summed E-state index contributed by atoms with van der Waals surface area (Å²) < 4.78 is 12.1. The largest absolute Gasteiger partial charge is 0.493 e. The molecule has 3 amide bonds. The molecule has 10 heteroatoms. The van der Waals surface area contributed by atoms with Crippen LogP contribution < -0.4 is 20.1 Å². The number of ether oxygens (including phenoxy) is 2. The Labute approximate surface area is 217 Å². The Kier molecular flexibility index (Phi) is 8.04. The lowest BCUT2D eigenvalue weighted by Crippen LogP contribution is -2.65. The van der Waals surface area contributed by atoms with Gasteiger partial charge in [-0.05, 0) is 43.9 Å². The van der Waals surface area contributed by atoms with E-state index in [1.54, 1.807) is 38.2 Å². The van der Waals surface area contributed by atoms with Gasteiger partial charge in [0.25, 0.3) is 11.8 Å². The molecule has 1 aliphatic heterocycles. The van der Waals surface area contributed by atoms with E-state index in [1.165, 1.54) is 10.7 Å². The summed E-state index contributed by atoms with van der Waals surface area (Å²) in [6.45, 7) is 4.76. The number of aromatic nitrogens is 2. The average Bonchev–Trinajstić information content (AvgIpc) is 3.57. The van der Waals surface area contributed by atoms with E-state index in [-0.39, 0.29) is 36.6 Å². The SMILES string of the molecule is CCCCN1C(=O)c2cc(C(=O)NCc3ccc(OC)c(OC)c3)nn2C[C@]1(C)C(=O)NC1CCCC1. The van der Waals surface area contributed by atoms with Crippen LogP contribution in [0.3, 0.4) is 0 Å². The van der Waals surface area contributed by atoms with Gasteiger partial charge < -0.3 is 25.0 Å². The van der Waals surface area contributed by atoms with Crippen LogP contribution >= 0.6 is 0 Å². The summed E-state index contributed by atoms with van der Waals surface area (Å²) in [6, 6.07) is 7.06. The van der Waals surface area contributed by atoms with E-state index in [2.05, 4.69) is 22.7 Å². The maximum Gasteiger partial charge on any atom is 0.273 e. The highest BCUT2D eigenvalue weighted by molar-refractivity contribution is 6.02. The highest BCUT2D eigenvalue weighted by atomic mass is 16.5.